The van der Waals surface area contributed by atoms with E-state index in [1.165, 1.54) is 19.1 Å². The Hall–Kier alpha value is -3.36. The molecule has 160 valence electrons. The predicted molar refractivity (Wildman–Crippen MR) is 122 cm³/mol. The molecule has 3 aromatic rings. The number of nitrogens with one attached hydrogen (secondary N) is 2. The van der Waals surface area contributed by atoms with E-state index >= 15 is 0 Å². The van der Waals surface area contributed by atoms with Gasteiger partial charge in [-0.05, 0) is 60.7 Å². The van der Waals surface area contributed by atoms with Gasteiger partial charge in [-0.25, -0.2) is 8.42 Å². The molecular weight excluding hydrogens is 438 g/mol. The lowest BCUT2D eigenvalue weighted by molar-refractivity contribution is -0.115. The Bertz CT molecular complexity index is 1170. The van der Waals surface area contributed by atoms with Crippen molar-refractivity contribution in [2.24, 2.45) is 0 Å². The van der Waals surface area contributed by atoms with Crippen molar-refractivity contribution in [3.63, 3.8) is 0 Å². The summed E-state index contributed by atoms with van der Waals surface area (Å²) < 4.78 is 27.5. The predicted octanol–water partition coefficient (Wildman–Crippen LogP) is 4.13. The van der Waals surface area contributed by atoms with E-state index in [2.05, 4.69) is 10.6 Å². The van der Waals surface area contributed by atoms with Crippen LogP contribution in [0.3, 0.4) is 0 Å². The average Bonchev–Trinajstić information content (AvgIpc) is 2.74. The van der Waals surface area contributed by atoms with Crippen molar-refractivity contribution in [1.29, 1.82) is 0 Å². The molecule has 0 saturated carbocycles. The van der Waals surface area contributed by atoms with Gasteiger partial charge in [-0.15, -0.1) is 0 Å². The van der Waals surface area contributed by atoms with E-state index < -0.39 is 22.5 Å². The van der Waals surface area contributed by atoms with Crippen LogP contribution in [0.2, 0.25) is 5.02 Å². The molecule has 0 aliphatic heterocycles. The first-order valence-corrected chi connectivity index (χ1v) is 11.1. The summed E-state index contributed by atoms with van der Waals surface area (Å²) in [6, 6.07) is 20.6. The van der Waals surface area contributed by atoms with Gasteiger partial charge in [0.1, 0.15) is 6.54 Å². The molecule has 0 aliphatic rings. The lowest BCUT2D eigenvalue weighted by atomic mass is 10.2. The van der Waals surface area contributed by atoms with Gasteiger partial charge in [0.15, 0.2) is 0 Å². The summed E-state index contributed by atoms with van der Waals surface area (Å²) in [5, 5.41) is 5.75. The minimum atomic E-state index is -3.99. The molecule has 0 atom stereocenters. The zero-order chi connectivity index (χ0) is 22.4. The Morgan fingerprint density at radius 2 is 1.39 bits per heavy atom. The third-order valence-corrected chi connectivity index (χ3v) is 6.26. The van der Waals surface area contributed by atoms with Gasteiger partial charge in [0.25, 0.3) is 10.0 Å². The Kier molecular flexibility index (Phi) is 6.94. The standard InChI is InChI=1S/C22H20ClN3O4S/c1-16(27)24-18-9-11-19(12-10-18)25-22(28)15-26(20-13-7-17(23)8-14-20)31(29,30)21-5-3-2-4-6-21/h2-14H,15H2,1H3,(H,24,27)(H,25,28). The summed E-state index contributed by atoms with van der Waals surface area (Å²) in [7, 11) is -3.99. The van der Waals surface area contributed by atoms with E-state index in [9.17, 15) is 18.0 Å². The van der Waals surface area contributed by atoms with Crippen LogP contribution < -0.4 is 14.9 Å². The van der Waals surface area contributed by atoms with Crippen LogP contribution in [0.5, 0.6) is 0 Å². The van der Waals surface area contributed by atoms with Crippen LogP contribution in [0.1, 0.15) is 6.92 Å². The van der Waals surface area contributed by atoms with Crippen molar-refractivity contribution in [1.82, 2.24) is 0 Å². The summed E-state index contributed by atoms with van der Waals surface area (Å²) in [5.41, 5.74) is 1.36. The van der Waals surface area contributed by atoms with Crippen molar-refractivity contribution in [3.05, 3.63) is 83.9 Å². The second-order valence-electron chi connectivity index (χ2n) is 6.61. The van der Waals surface area contributed by atoms with Gasteiger partial charge in [0.05, 0.1) is 10.6 Å². The lowest BCUT2D eigenvalue weighted by Gasteiger charge is -2.24. The monoisotopic (exact) mass is 457 g/mol. The Labute approximate surface area is 185 Å². The molecule has 0 spiro atoms. The fraction of sp³-hybridized carbons (Fsp3) is 0.0909. The molecule has 3 rings (SSSR count). The number of benzene rings is 3. The van der Waals surface area contributed by atoms with Crippen LogP contribution in [-0.4, -0.2) is 26.8 Å². The SMILES string of the molecule is CC(=O)Nc1ccc(NC(=O)CN(c2ccc(Cl)cc2)S(=O)(=O)c2ccccc2)cc1. The van der Waals surface area contributed by atoms with Crippen molar-refractivity contribution >= 4 is 50.5 Å². The van der Waals surface area contributed by atoms with E-state index in [0.717, 1.165) is 4.31 Å². The third kappa shape index (κ3) is 5.84. The van der Waals surface area contributed by atoms with Crippen molar-refractivity contribution in [2.45, 2.75) is 11.8 Å². The number of carbonyl (C=O) groups excluding carboxylic acids is 2. The Balaban J connectivity index is 1.84. The molecule has 0 aliphatic carbocycles. The highest BCUT2D eigenvalue weighted by atomic mass is 35.5. The quantitative estimate of drug-likeness (QED) is 0.557. The zero-order valence-corrected chi connectivity index (χ0v) is 18.2. The second-order valence-corrected chi connectivity index (χ2v) is 8.91. The normalized spacial score (nSPS) is 10.9. The fourth-order valence-electron chi connectivity index (χ4n) is 2.81. The van der Waals surface area contributed by atoms with Crippen LogP contribution in [0.4, 0.5) is 17.1 Å². The molecule has 7 nitrogen and oxygen atoms in total. The number of halogens is 1. The van der Waals surface area contributed by atoms with Gasteiger partial charge in [-0.2, -0.15) is 0 Å². The highest BCUT2D eigenvalue weighted by molar-refractivity contribution is 7.92. The minimum Gasteiger partial charge on any atom is -0.326 e. The number of rotatable bonds is 7. The summed E-state index contributed by atoms with van der Waals surface area (Å²) >= 11 is 5.93. The van der Waals surface area contributed by atoms with E-state index in [1.807, 2.05) is 0 Å². The zero-order valence-electron chi connectivity index (χ0n) is 16.6. The highest BCUT2D eigenvalue weighted by Gasteiger charge is 2.27. The summed E-state index contributed by atoms with van der Waals surface area (Å²) in [4.78, 5) is 23.9. The molecule has 2 N–H and O–H groups in total. The van der Waals surface area contributed by atoms with Crippen LogP contribution in [-0.2, 0) is 19.6 Å². The van der Waals surface area contributed by atoms with Gasteiger partial charge in [0.2, 0.25) is 11.8 Å². The maximum atomic E-state index is 13.2. The van der Waals surface area contributed by atoms with Crippen LogP contribution in [0, 0.1) is 0 Å². The maximum Gasteiger partial charge on any atom is 0.264 e. The third-order valence-electron chi connectivity index (χ3n) is 4.22. The molecule has 31 heavy (non-hydrogen) atoms. The molecule has 0 heterocycles. The number of amides is 2. The number of nitrogens with zero attached hydrogens (tertiary/aromatic N) is 1. The smallest absolute Gasteiger partial charge is 0.264 e. The second kappa shape index (κ2) is 9.63. The molecule has 0 radical (unpaired) electrons. The van der Waals surface area contributed by atoms with E-state index in [1.54, 1.807) is 66.7 Å². The van der Waals surface area contributed by atoms with Crippen molar-refractivity contribution in [2.75, 3.05) is 21.5 Å². The minimum absolute atomic E-state index is 0.0670. The number of carbonyl (C=O) groups is 2. The van der Waals surface area contributed by atoms with Gasteiger partial charge >= 0.3 is 0 Å². The molecule has 9 heteroatoms. The number of anilines is 3. The summed E-state index contributed by atoms with van der Waals surface area (Å²) in [6.07, 6.45) is 0. The summed E-state index contributed by atoms with van der Waals surface area (Å²) in [6.45, 7) is 0.959. The molecule has 2 amide bonds. The topological polar surface area (TPSA) is 95.6 Å². The van der Waals surface area contributed by atoms with Gasteiger partial charge in [0, 0.05) is 23.3 Å². The average molecular weight is 458 g/mol. The van der Waals surface area contributed by atoms with Crippen molar-refractivity contribution in [3.8, 4) is 0 Å². The summed E-state index contributed by atoms with van der Waals surface area (Å²) in [5.74, 6) is -0.733. The van der Waals surface area contributed by atoms with E-state index in [0.29, 0.717) is 22.1 Å². The van der Waals surface area contributed by atoms with Gasteiger partial charge < -0.3 is 10.6 Å². The molecule has 0 bridgehead atoms. The number of hydrogen-bond acceptors (Lipinski definition) is 4. The molecule has 0 saturated heterocycles. The van der Waals surface area contributed by atoms with Crippen LogP contribution >= 0.6 is 11.6 Å². The molecule has 0 fully saturated rings. The lowest BCUT2D eigenvalue weighted by Crippen LogP contribution is -2.38. The molecule has 0 aromatic heterocycles. The Morgan fingerprint density at radius 3 is 1.94 bits per heavy atom. The number of hydrogen-bond donors (Lipinski definition) is 2. The Morgan fingerprint density at radius 1 is 0.839 bits per heavy atom. The first-order valence-electron chi connectivity index (χ1n) is 9.26. The van der Waals surface area contributed by atoms with Crippen LogP contribution in [0.25, 0.3) is 0 Å². The molecular formula is C22H20ClN3O4S. The van der Waals surface area contributed by atoms with Crippen LogP contribution in [0.15, 0.2) is 83.8 Å². The largest absolute Gasteiger partial charge is 0.326 e. The van der Waals surface area contributed by atoms with E-state index in [4.69, 9.17) is 11.6 Å². The fourth-order valence-corrected chi connectivity index (χ4v) is 4.38. The maximum absolute atomic E-state index is 13.2. The molecule has 0 unspecified atom stereocenters. The van der Waals surface area contributed by atoms with E-state index in [-0.39, 0.29) is 10.8 Å². The highest BCUT2D eigenvalue weighted by Crippen LogP contribution is 2.25. The van der Waals surface area contributed by atoms with Gasteiger partial charge in [-0.3, -0.25) is 13.9 Å². The molecule has 3 aromatic carbocycles. The first-order chi connectivity index (χ1) is 14.8. The number of sulfonamides is 1. The first kappa shape index (κ1) is 22.3. The van der Waals surface area contributed by atoms with Gasteiger partial charge in [-0.1, -0.05) is 29.8 Å². The van der Waals surface area contributed by atoms with Crippen molar-refractivity contribution < 1.29 is 18.0 Å².